The second-order valence-corrected chi connectivity index (χ2v) is 2.82. The third-order valence-corrected chi connectivity index (χ3v) is 1.50. The van der Waals surface area contributed by atoms with Gasteiger partial charge in [-0.15, -0.1) is 0 Å². The molecule has 1 unspecified atom stereocenters. The van der Waals surface area contributed by atoms with Crippen LogP contribution in [0.1, 0.15) is 13.8 Å². The van der Waals surface area contributed by atoms with Crippen LogP contribution in [0.25, 0.3) is 0 Å². The Morgan fingerprint density at radius 2 is 2.25 bits per heavy atom. The fourth-order valence-corrected chi connectivity index (χ4v) is 0.855. The summed E-state index contributed by atoms with van der Waals surface area (Å²) in [6, 6.07) is 0. The van der Waals surface area contributed by atoms with E-state index >= 15 is 0 Å². The average molecular weight is 133 g/mol. The summed E-state index contributed by atoms with van der Waals surface area (Å²) in [5.41, 5.74) is 0.122. The molecule has 1 aliphatic heterocycles. The van der Waals surface area contributed by atoms with Crippen LogP contribution < -0.4 is 0 Å². The first kappa shape index (κ1) is 6.14. The number of hydroxylamine groups is 2. The van der Waals surface area contributed by atoms with Crippen molar-refractivity contribution in [3.8, 4) is 0 Å². The molecular weight excluding hydrogens is 125 g/mol. The van der Waals surface area contributed by atoms with Gasteiger partial charge in [0.2, 0.25) is 0 Å². The molecule has 0 aliphatic carbocycles. The van der Waals surface area contributed by atoms with Gasteiger partial charge in [0.05, 0.1) is 5.54 Å². The quantitative estimate of drug-likeness (QED) is 0.419. The average Bonchev–Trinajstić information content (AvgIpc) is 2.15. The molecule has 0 bridgehead atoms. The van der Waals surface area contributed by atoms with Crippen molar-refractivity contribution >= 4 is 8.69 Å². The van der Waals surface area contributed by atoms with Gasteiger partial charge in [0.1, 0.15) is 0 Å². The van der Waals surface area contributed by atoms with Crippen LogP contribution in [0.5, 0.6) is 0 Å². The Morgan fingerprint density at radius 1 is 1.75 bits per heavy atom. The fourth-order valence-electron chi connectivity index (χ4n) is 0.496. The minimum Gasteiger partial charge on any atom is -0.239 e. The second-order valence-electron chi connectivity index (χ2n) is 2.51. The molecule has 3 nitrogen and oxygen atoms in total. The van der Waals surface area contributed by atoms with E-state index in [4.69, 9.17) is 0 Å². The van der Waals surface area contributed by atoms with E-state index in [9.17, 15) is 4.57 Å². The van der Waals surface area contributed by atoms with Crippen molar-refractivity contribution in [1.29, 1.82) is 0 Å². The third kappa shape index (κ3) is 1.05. The van der Waals surface area contributed by atoms with Crippen LogP contribution in [-0.4, -0.2) is 17.1 Å². The maximum atomic E-state index is 9.78. The van der Waals surface area contributed by atoms with E-state index in [1.54, 1.807) is 5.06 Å². The van der Waals surface area contributed by atoms with Crippen LogP contribution in [0.2, 0.25) is 0 Å². The molecule has 0 aromatic heterocycles. The lowest BCUT2D eigenvalue weighted by atomic mass is 10.2. The summed E-state index contributed by atoms with van der Waals surface area (Å²) in [7, 11) is -0.253. The molecule has 1 fully saturated rings. The normalized spacial score (nSPS) is 33.0. The predicted octanol–water partition coefficient (Wildman–Crippen LogP) is 1.22. The smallest absolute Gasteiger partial charge is 0.239 e. The number of nitrogens with zero attached hydrogens (tertiary/aromatic N) is 1. The zero-order valence-corrected chi connectivity index (χ0v) is 5.81. The number of hydrogen-bond acceptors (Lipinski definition) is 3. The fraction of sp³-hybridized carbons (Fsp3) is 1.00. The van der Waals surface area contributed by atoms with Gasteiger partial charge in [-0.2, -0.15) is 5.06 Å². The van der Waals surface area contributed by atoms with Gasteiger partial charge in [-0.25, -0.2) is 9.19 Å². The Kier molecular flexibility index (Phi) is 1.35. The van der Waals surface area contributed by atoms with E-state index in [-0.39, 0.29) is 14.2 Å². The molecule has 0 spiro atoms. The molecule has 4 heteroatoms. The van der Waals surface area contributed by atoms with E-state index in [2.05, 4.69) is 4.62 Å². The largest absolute Gasteiger partial charge is 0.346 e. The third-order valence-electron chi connectivity index (χ3n) is 1.23. The van der Waals surface area contributed by atoms with Gasteiger partial charge in [0, 0.05) is 6.54 Å². The van der Waals surface area contributed by atoms with Crippen molar-refractivity contribution in [3.63, 3.8) is 0 Å². The topological polar surface area (TPSA) is 29.3 Å². The van der Waals surface area contributed by atoms with E-state index in [1.807, 2.05) is 13.8 Å². The Morgan fingerprint density at radius 3 is 2.38 bits per heavy atom. The Labute approximate surface area is 49.9 Å². The monoisotopic (exact) mass is 133 g/mol. The van der Waals surface area contributed by atoms with Crippen molar-refractivity contribution in [1.82, 2.24) is 5.06 Å². The molecule has 0 N–H and O–H groups in total. The summed E-state index contributed by atoms with van der Waals surface area (Å²) < 4.78 is 14.4. The molecule has 8 heavy (non-hydrogen) atoms. The van der Waals surface area contributed by atoms with Gasteiger partial charge in [-0.1, -0.05) is 0 Å². The highest BCUT2D eigenvalue weighted by Gasteiger charge is 2.45. The predicted molar refractivity (Wildman–Crippen MR) is 29.5 cm³/mol. The molecule has 0 aromatic carbocycles. The van der Waals surface area contributed by atoms with E-state index in [0.717, 1.165) is 6.54 Å². The highest BCUT2D eigenvalue weighted by Crippen LogP contribution is 2.32. The zero-order chi connectivity index (χ0) is 6.20. The van der Waals surface area contributed by atoms with Gasteiger partial charge >= 0.3 is 8.69 Å². The van der Waals surface area contributed by atoms with Crippen LogP contribution in [-0.2, 0) is 9.19 Å². The molecule has 1 atom stereocenters. The Balaban J connectivity index is 2.26. The molecule has 1 heterocycles. The van der Waals surface area contributed by atoms with E-state index in [1.165, 1.54) is 0 Å². The molecule has 1 rings (SSSR count). The number of hydrogen-bond donors (Lipinski definition) is 0. The van der Waals surface area contributed by atoms with Crippen LogP contribution in [0.15, 0.2) is 0 Å². The maximum absolute atomic E-state index is 9.78. The lowest BCUT2D eigenvalue weighted by Crippen LogP contribution is -2.04. The molecule has 0 aromatic rings. The number of rotatable bonds is 2. The molecule has 1 saturated heterocycles. The standard InChI is InChI=1S/C4H8NO2P/c1-4(2)3-5(4)7-8-6/h3H2,1-2H3. The van der Waals surface area contributed by atoms with Crippen LogP contribution in [0.4, 0.5) is 0 Å². The first-order chi connectivity index (χ1) is 3.67. The Bertz CT molecular complexity index is 115. The molecule has 0 radical (unpaired) electrons. The van der Waals surface area contributed by atoms with Crippen molar-refractivity contribution < 1.29 is 9.19 Å². The Hall–Kier alpha value is 0.0200. The summed E-state index contributed by atoms with van der Waals surface area (Å²) in [6.07, 6.45) is 0. The summed E-state index contributed by atoms with van der Waals surface area (Å²) in [5.74, 6) is 0. The lowest BCUT2D eigenvalue weighted by Gasteiger charge is -1.97. The van der Waals surface area contributed by atoms with E-state index < -0.39 is 0 Å². The first-order valence-electron chi connectivity index (χ1n) is 2.44. The van der Waals surface area contributed by atoms with Crippen molar-refractivity contribution in [2.75, 3.05) is 6.54 Å². The second kappa shape index (κ2) is 1.76. The SMILES string of the molecule is CC1(C)CN1OP=O. The summed E-state index contributed by atoms with van der Waals surface area (Å²) >= 11 is 0. The van der Waals surface area contributed by atoms with Gasteiger partial charge in [0.25, 0.3) is 0 Å². The molecular formula is C4H8NO2P. The van der Waals surface area contributed by atoms with Crippen LogP contribution >= 0.6 is 8.69 Å². The molecule has 1 aliphatic rings. The molecule has 46 valence electrons. The zero-order valence-electron chi connectivity index (χ0n) is 4.92. The van der Waals surface area contributed by atoms with Gasteiger partial charge < -0.3 is 0 Å². The first-order valence-corrected chi connectivity index (χ1v) is 3.17. The summed E-state index contributed by atoms with van der Waals surface area (Å²) in [5, 5.41) is 1.67. The maximum Gasteiger partial charge on any atom is 0.346 e. The van der Waals surface area contributed by atoms with Crippen molar-refractivity contribution in [2.24, 2.45) is 0 Å². The highest BCUT2D eigenvalue weighted by atomic mass is 31.1. The summed E-state index contributed by atoms with van der Waals surface area (Å²) in [4.78, 5) is 0. The highest BCUT2D eigenvalue weighted by molar-refractivity contribution is 7.17. The molecule has 0 saturated carbocycles. The summed E-state index contributed by atoms with van der Waals surface area (Å²) in [6.45, 7) is 4.93. The molecule has 0 amide bonds. The van der Waals surface area contributed by atoms with Crippen molar-refractivity contribution in [3.05, 3.63) is 0 Å². The minimum absolute atomic E-state index is 0.122. The van der Waals surface area contributed by atoms with Gasteiger partial charge in [0.15, 0.2) is 0 Å². The minimum atomic E-state index is -0.253. The van der Waals surface area contributed by atoms with Crippen LogP contribution in [0.3, 0.4) is 0 Å². The lowest BCUT2D eigenvalue weighted by molar-refractivity contribution is 0.0525. The van der Waals surface area contributed by atoms with E-state index in [0.29, 0.717) is 0 Å². The van der Waals surface area contributed by atoms with Crippen molar-refractivity contribution in [2.45, 2.75) is 19.4 Å². The van der Waals surface area contributed by atoms with Gasteiger partial charge in [-0.05, 0) is 13.8 Å². The van der Waals surface area contributed by atoms with Gasteiger partial charge in [-0.3, -0.25) is 0 Å². The van der Waals surface area contributed by atoms with Crippen LogP contribution in [0, 0.1) is 0 Å².